The molecule has 1 aromatic heterocycles. The first-order valence-electron chi connectivity index (χ1n) is 6.67. The molecule has 100 valence electrons. The Balaban J connectivity index is 1.52. The lowest BCUT2D eigenvalue weighted by atomic mass is 10.1. The Morgan fingerprint density at radius 3 is 2.85 bits per heavy atom. The predicted molar refractivity (Wildman–Crippen MR) is 88.5 cm³/mol. The van der Waals surface area contributed by atoms with Gasteiger partial charge in [-0.2, -0.15) is 0 Å². The third-order valence-corrected chi connectivity index (χ3v) is 5.14. The van der Waals surface area contributed by atoms with Gasteiger partial charge in [-0.15, -0.1) is 0 Å². The molecule has 4 heteroatoms. The Hall–Kier alpha value is -1.39. The molecule has 2 aromatic carbocycles. The number of thiazole rings is 1. The van der Waals surface area contributed by atoms with E-state index in [2.05, 4.69) is 74.8 Å². The molecule has 1 saturated carbocycles. The van der Waals surface area contributed by atoms with E-state index in [1.807, 2.05) is 0 Å². The molecule has 1 heterocycles. The third kappa shape index (κ3) is 2.34. The molecule has 0 aliphatic heterocycles. The molecule has 4 rings (SSSR count). The van der Waals surface area contributed by atoms with Crippen LogP contribution in [0, 0.1) is 0 Å². The summed E-state index contributed by atoms with van der Waals surface area (Å²) in [5.41, 5.74) is 2.48. The molecule has 0 spiro atoms. The molecule has 1 aliphatic carbocycles. The summed E-state index contributed by atoms with van der Waals surface area (Å²) < 4.78 is 2.31. The molecular formula is C16H13BrN2S. The van der Waals surface area contributed by atoms with E-state index in [1.54, 1.807) is 11.3 Å². The van der Waals surface area contributed by atoms with Crippen molar-refractivity contribution in [2.24, 2.45) is 0 Å². The van der Waals surface area contributed by atoms with Crippen LogP contribution in [0.3, 0.4) is 0 Å². The van der Waals surface area contributed by atoms with E-state index >= 15 is 0 Å². The molecule has 0 saturated heterocycles. The van der Waals surface area contributed by atoms with Crippen LogP contribution in [-0.2, 0) is 0 Å². The molecule has 2 unspecified atom stereocenters. The number of fused-ring (bicyclic) bond motifs is 1. The van der Waals surface area contributed by atoms with Crippen molar-refractivity contribution < 1.29 is 0 Å². The Morgan fingerprint density at radius 2 is 2.00 bits per heavy atom. The summed E-state index contributed by atoms with van der Waals surface area (Å²) in [7, 11) is 0. The monoisotopic (exact) mass is 344 g/mol. The van der Waals surface area contributed by atoms with Gasteiger partial charge in [0.05, 0.1) is 10.2 Å². The Labute approximate surface area is 130 Å². The van der Waals surface area contributed by atoms with Crippen molar-refractivity contribution in [1.29, 1.82) is 0 Å². The first-order chi connectivity index (χ1) is 9.79. The van der Waals surface area contributed by atoms with Crippen LogP contribution in [0.2, 0.25) is 0 Å². The number of anilines is 1. The van der Waals surface area contributed by atoms with Crippen molar-refractivity contribution in [2.75, 3.05) is 5.32 Å². The van der Waals surface area contributed by atoms with Gasteiger partial charge in [-0.1, -0.05) is 57.6 Å². The lowest BCUT2D eigenvalue weighted by Gasteiger charge is -2.01. The van der Waals surface area contributed by atoms with Crippen LogP contribution in [0.4, 0.5) is 5.13 Å². The van der Waals surface area contributed by atoms with Crippen LogP contribution in [0.5, 0.6) is 0 Å². The molecule has 20 heavy (non-hydrogen) atoms. The largest absolute Gasteiger partial charge is 0.358 e. The zero-order chi connectivity index (χ0) is 13.5. The predicted octanol–water partition coefficient (Wildman–Crippen LogP) is 5.03. The minimum atomic E-state index is 0.529. The van der Waals surface area contributed by atoms with Gasteiger partial charge in [0.2, 0.25) is 0 Å². The SMILES string of the molecule is Brc1ccc2sc(NC3CC3c3ccccc3)nc2c1. The Kier molecular flexibility index (Phi) is 3.00. The maximum Gasteiger partial charge on any atom is 0.184 e. The number of nitrogens with zero attached hydrogens (tertiary/aromatic N) is 1. The summed E-state index contributed by atoms with van der Waals surface area (Å²) in [4.78, 5) is 4.66. The molecule has 0 bridgehead atoms. The average molecular weight is 345 g/mol. The van der Waals surface area contributed by atoms with Gasteiger partial charge in [0.25, 0.3) is 0 Å². The standard InChI is InChI=1S/C16H13BrN2S/c17-11-6-7-15-14(8-11)19-16(20-15)18-13-9-12(13)10-4-2-1-3-5-10/h1-8,12-13H,9H2,(H,18,19). The minimum absolute atomic E-state index is 0.529. The van der Waals surface area contributed by atoms with Crippen LogP contribution >= 0.6 is 27.3 Å². The van der Waals surface area contributed by atoms with E-state index in [4.69, 9.17) is 0 Å². The Bertz CT molecular complexity index is 754. The van der Waals surface area contributed by atoms with Gasteiger partial charge in [0, 0.05) is 16.4 Å². The van der Waals surface area contributed by atoms with Crippen LogP contribution in [0.25, 0.3) is 10.2 Å². The van der Waals surface area contributed by atoms with Gasteiger partial charge in [-0.3, -0.25) is 0 Å². The maximum absolute atomic E-state index is 4.66. The first kappa shape index (κ1) is 12.4. The summed E-state index contributed by atoms with van der Waals surface area (Å²) in [6.07, 6.45) is 1.20. The minimum Gasteiger partial charge on any atom is -0.358 e. The summed E-state index contributed by atoms with van der Waals surface area (Å²) in [6, 6.07) is 17.5. The lowest BCUT2D eigenvalue weighted by Crippen LogP contribution is -2.03. The number of hydrogen-bond donors (Lipinski definition) is 1. The second-order valence-electron chi connectivity index (χ2n) is 5.13. The molecule has 1 aliphatic rings. The molecular weight excluding hydrogens is 332 g/mol. The van der Waals surface area contributed by atoms with E-state index in [0.29, 0.717) is 12.0 Å². The normalized spacial score (nSPS) is 21.1. The average Bonchev–Trinajstić information content (AvgIpc) is 3.10. The number of nitrogens with one attached hydrogen (secondary N) is 1. The van der Waals surface area contributed by atoms with E-state index < -0.39 is 0 Å². The topological polar surface area (TPSA) is 24.9 Å². The van der Waals surface area contributed by atoms with Crippen LogP contribution in [0.15, 0.2) is 53.0 Å². The summed E-state index contributed by atoms with van der Waals surface area (Å²) >= 11 is 5.22. The highest BCUT2D eigenvalue weighted by Gasteiger charge is 2.38. The second kappa shape index (κ2) is 4.86. The Morgan fingerprint density at radius 1 is 1.15 bits per heavy atom. The highest BCUT2D eigenvalue weighted by atomic mass is 79.9. The lowest BCUT2D eigenvalue weighted by molar-refractivity contribution is 1.04. The molecule has 0 amide bonds. The van der Waals surface area contributed by atoms with Crippen LogP contribution < -0.4 is 5.32 Å². The van der Waals surface area contributed by atoms with Gasteiger partial charge in [0.15, 0.2) is 5.13 Å². The fraction of sp³-hybridized carbons (Fsp3) is 0.188. The second-order valence-corrected chi connectivity index (χ2v) is 7.08. The fourth-order valence-electron chi connectivity index (χ4n) is 2.54. The highest BCUT2D eigenvalue weighted by Crippen LogP contribution is 2.43. The summed E-state index contributed by atoms with van der Waals surface area (Å²) in [5, 5.41) is 4.59. The maximum atomic E-state index is 4.66. The molecule has 1 N–H and O–H groups in total. The van der Waals surface area contributed by atoms with E-state index in [1.165, 1.54) is 16.7 Å². The fourth-order valence-corrected chi connectivity index (χ4v) is 3.80. The van der Waals surface area contributed by atoms with Crippen molar-refractivity contribution in [2.45, 2.75) is 18.4 Å². The summed E-state index contributed by atoms with van der Waals surface area (Å²) in [5.74, 6) is 0.634. The van der Waals surface area contributed by atoms with Crippen LogP contribution in [0.1, 0.15) is 17.9 Å². The highest BCUT2D eigenvalue weighted by molar-refractivity contribution is 9.10. The summed E-state index contributed by atoms with van der Waals surface area (Å²) in [6.45, 7) is 0. The number of halogens is 1. The van der Waals surface area contributed by atoms with Gasteiger partial charge in [-0.25, -0.2) is 4.98 Å². The van der Waals surface area contributed by atoms with Gasteiger partial charge in [-0.05, 0) is 30.2 Å². The number of benzene rings is 2. The quantitative estimate of drug-likeness (QED) is 0.720. The van der Waals surface area contributed by atoms with E-state index in [9.17, 15) is 0 Å². The number of aromatic nitrogens is 1. The molecule has 3 aromatic rings. The van der Waals surface area contributed by atoms with Crippen LogP contribution in [-0.4, -0.2) is 11.0 Å². The molecule has 2 atom stereocenters. The van der Waals surface area contributed by atoms with Crippen molar-refractivity contribution in [3.05, 3.63) is 58.6 Å². The smallest absolute Gasteiger partial charge is 0.184 e. The van der Waals surface area contributed by atoms with E-state index in [0.717, 1.165) is 15.1 Å². The van der Waals surface area contributed by atoms with Crippen molar-refractivity contribution in [1.82, 2.24) is 4.98 Å². The van der Waals surface area contributed by atoms with Gasteiger partial charge in [0.1, 0.15) is 0 Å². The van der Waals surface area contributed by atoms with E-state index in [-0.39, 0.29) is 0 Å². The zero-order valence-electron chi connectivity index (χ0n) is 10.7. The van der Waals surface area contributed by atoms with Crippen molar-refractivity contribution in [3.8, 4) is 0 Å². The van der Waals surface area contributed by atoms with Crippen molar-refractivity contribution >= 4 is 42.6 Å². The number of hydrogen-bond acceptors (Lipinski definition) is 3. The van der Waals surface area contributed by atoms with Crippen molar-refractivity contribution in [3.63, 3.8) is 0 Å². The first-order valence-corrected chi connectivity index (χ1v) is 8.28. The zero-order valence-corrected chi connectivity index (χ0v) is 13.1. The van der Waals surface area contributed by atoms with Gasteiger partial charge >= 0.3 is 0 Å². The molecule has 1 fully saturated rings. The third-order valence-electron chi connectivity index (χ3n) is 3.68. The van der Waals surface area contributed by atoms with Gasteiger partial charge < -0.3 is 5.32 Å². The molecule has 2 nitrogen and oxygen atoms in total. The number of rotatable bonds is 3. The molecule has 0 radical (unpaired) electrons.